The van der Waals surface area contributed by atoms with E-state index in [9.17, 15) is 63.0 Å². The van der Waals surface area contributed by atoms with Gasteiger partial charge in [-0.15, -0.1) is 0 Å². The molecule has 4 aromatic rings. The number of carbonyl (C=O) groups excluding carboxylic acids is 11. The van der Waals surface area contributed by atoms with Crippen LogP contribution in [0.4, 0.5) is 4.79 Å². The molecule has 1 aliphatic rings. The van der Waals surface area contributed by atoms with E-state index in [4.69, 9.17) is 17.2 Å². The highest BCUT2D eigenvalue weighted by Crippen LogP contribution is 2.24. The Labute approximate surface area is 498 Å². The minimum Gasteiger partial charge on any atom is -0.508 e. The van der Waals surface area contributed by atoms with E-state index in [1.807, 2.05) is 38.1 Å². The van der Waals surface area contributed by atoms with E-state index in [0.29, 0.717) is 24.1 Å². The first-order valence-corrected chi connectivity index (χ1v) is 28.5. The molecule has 464 valence electrons. The lowest BCUT2D eigenvalue weighted by Gasteiger charge is -2.42. The number of guanidine groups is 1. The summed E-state index contributed by atoms with van der Waals surface area (Å²) in [4.78, 5) is 157. The Morgan fingerprint density at radius 3 is 1.94 bits per heavy atom. The lowest BCUT2D eigenvalue weighted by molar-refractivity contribution is -0.150. The van der Waals surface area contributed by atoms with Crippen LogP contribution in [0.2, 0.25) is 0 Å². The minimum atomic E-state index is -1.62. The summed E-state index contributed by atoms with van der Waals surface area (Å²) in [5.74, 6) is -10.0. The molecule has 3 aromatic carbocycles. The van der Waals surface area contributed by atoms with Crippen molar-refractivity contribution in [3.8, 4) is 5.75 Å². The molecule has 1 fully saturated rings. The number of urea groups is 1. The maximum atomic E-state index is 14.2. The van der Waals surface area contributed by atoms with Crippen LogP contribution in [0.25, 0.3) is 10.9 Å². The Morgan fingerprint density at radius 2 is 1.33 bits per heavy atom. The zero-order valence-electron chi connectivity index (χ0n) is 49.1. The molecule has 0 saturated carbocycles. The fourth-order valence-electron chi connectivity index (χ4n) is 10.00. The number of fused-ring (bicyclic) bond motifs is 1. The Morgan fingerprint density at radius 1 is 0.686 bits per heavy atom. The number of amides is 9. The smallest absolute Gasteiger partial charge is 0.315 e. The van der Waals surface area contributed by atoms with Crippen LogP contribution in [0.3, 0.4) is 0 Å². The van der Waals surface area contributed by atoms with Gasteiger partial charge in [-0.05, 0) is 79.8 Å². The lowest BCUT2D eigenvalue weighted by Crippen LogP contribution is -2.64. The number of likely N-dealkylation sites (tertiary alicyclic amines) is 1. The van der Waals surface area contributed by atoms with E-state index in [1.54, 1.807) is 48.7 Å². The van der Waals surface area contributed by atoms with E-state index < -0.39 is 138 Å². The number of ketones is 3. The predicted molar refractivity (Wildman–Crippen MR) is 318 cm³/mol. The molecule has 1 aliphatic heterocycles. The number of hydrogen-bond donors (Lipinski definition) is 13. The van der Waals surface area contributed by atoms with Crippen LogP contribution in [0, 0.1) is 17.8 Å². The van der Waals surface area contributed by atoms with Gasteiger partial charge in [0.15, 0.2) is 23.3 Å². The molecule has 0 aliphatic carbocycles. The second-order valence-corrected chi connectivity index (χ2v) is 22.0. The molecule has 2 heterocycles. The number of aliphatic hydroxyl groups excluding tert-OH is 1. The zero-order valence-corrected chi connectivity index (χ0v) is 49.1. The van der Waals surface area contributed by atoms with Crippen molar-refractivity contribution in [2.75, 3.05) is 26.7 Å². The largest absolute Gasteiger partial charge is 0.508 e. The average molecular weight is 1190 g/mol. The van der Waals surface area contributed by atoms with Gasteiger partial charge in [-0.3, -0.25) is 52.9 Å². The summed E-state index contributed by atoms with van der Waals surface area (Å²) in [7, 11) is 1.50. The molecule has 86 heavy (non-hydrogen) atoms. The molecule has 9 atom stereocenters. The van der Waals surface area contributed by atoms with Crippen molar-refractivity contribution >= 4 is 81.6 Å². The molecule has 9 amide bonds. The van der Waals surface area contributed by atoms with Crippen LogP contribution in [0.1, 0.15) is 89.3 Å². The first-order valence-electron chi connectivity index (χ1n) is 28.5. The third-order valence-corrected chi connectivity index (χ3v) is 14.8. The van der Waals surface area contributed by atoms with E-state index in [2.05, 4.69) is 47.2 Å². The van der Waals surface area contributed by atoms with Gasteiger partial charge in [0, 0.05) is 75.8 Å². The van der Waals surface area contributed by atoms with Gasteiger partial charge in [-0.2, -0.15) is 0 Å². The molecule has 0 radical (unpaired) electrons. The minimum absolute atomic E-state index is 0.00752. The van der Waals surface area contributed by atoms with Crippen LogP contribution in [-0.2, 0) is 67.2 Å². The van der Waals surface area contributed by atoms with Gasteiger partial charge < -0.3 is 74.5 Å². The summed E-state index contributed by atoms with van der Waals surface area (Å²) in [6.07, 6.45) is -0.909. The third kappa shape index (κ3) is 20.8. The number of nitrogens with two attached hydrogens (primary N) is 3. The number of primary amides is 2. The van der Waals surface area contributed by atoms with Gasteiger partial charge in [0.1, 0.15) is 23.9 Å². The maximum absolute atomic E-state index is 14.2. The number of carbonyl (C=O) groups is 11. The number of benzene rings is 3. The number of aromatic nitrogens is 1. The van der Waals surface area contributed by atoms with E-state index in [0.717, 1.165) is 16.5 Å². The molecule has 0 bridgehead atoms. The van der Waals surface area contributed by atoms with Crippen LogP contribution in [-0.4, -0.2) is 160 Å². The zero-order chi connectivity index (χ0) is 63.2. The van der Waals surface area contributed by atoms with Crippen molar-refractivity contribution in [2.24, 2.45) is 39.9 Å². The van der Waals surface area contributed by atoms with Gasteiger partial charge in [0.25, 0.3) is 0 Å². The van der Waals surface area contributed by atoms with E-state index in [-0.39, 0.29) is 69.1 Å². The molecule has 16 N–H and O–H groups in total. The van der Waals surface area contributed by atoms with E-state index in [1.165, 1.54) is 37.9 Å². The number of hydrogen-bond acceptors (Lipinski definition) is 14. The summed E-state index contributed by atoms with van der Waals surface area (Å²) < 4.78 is 0. The maximum Gasteiger partial charge on any atom is 0.315 e. The van der Waals surface area contributed by atoms with Gasteiger partial charge in [-0.25, -0.2) is 4.79 Å². The second kappa shape index (κ2) is 32.7. The Balaban J connectivity index is 1.26. The molecule has 26 nitrogen and oxygen atoms in total. The third-order valence-electron chi connectivity index (χ3n) is 14.8. The van der Waals surface area contributed by atoms with Gasteiger partial charge in [0.05, 0.1) is 43.1 Å². The number of phenols is 1. The standard InChI is InChI=1S/C60H81N13O13/c1-33(2)24-44(50(77)28-38(14-11-22-65-59(63)64-5)55(82)71-47(54(62)81)27-39-31-66-43-16-10-9-15-41(39)43)72-60(86)67-32-52(79)45(25-36-12-7-6-8-13-36)69-56(83)42(34(3)74)29-51(78)46(30-53(61)80)70-57(84)49-21-23-73(49)58(85)48(68-35(4)75)26-37-17-19-40(76)20-18-37/h6-10,12-13,15-20,31,33-34,38,42,44-49,66,74,76H,11,14,21-30,32H2,1-5H3,(H2,61,80)(H2,62,81)(H,68,75)(H,69,83)(H,70,84)(H,71,82)(H3,63,64,65)(H2,67,72,86)/t34-,38-,42+,44+,45+,46+,47+,48-,49+/m1/s1. The monoisotopic (exact) mass is 1190 g/mol. The highest BCUT2D eigenvalue weighted by atomic mass is 16.3. The summed E-state index contributed by atoms with van der Waals surface area (Å²) in [6.45, 7) is 5.82. The molecule has 1 aromatic heterocycles. The number of H-pyrrole nitrogens is 1. The second-order valence-electron chi connectivity index (χ2n) is 22.0. The van der Waals surface area contributed by atoms with Crippen molar-refractivity contribution in [3.05, 3.63) is 102 Å². The normalized spacial score (nSPS) is 15.9. The molecular weight excluding hydrogens is 1110 g/mol. The molecule has 5 rings (SSSR count). The molecule has 26 heteroatoms. The number of aliphatic imine (C=N–C) groups is 1. The first kappa shape index (κ1) is 67.6. The fraction of sp³-hybridized carbons (Fsp3) is 0.467. The van der Waals surface area contributed by atoms with E-state index >= 15 is 0 Å². The summed E-state index contributed by atoms with van der Waals surface area (Å²) >= 11 is 0. The van der Waals surface area contributed by atoms with Crippen molar-refractivity contribution in [2.45, 2.75) is 134 Å². The van der Waals surface area contributed by atoms with Gasteiger partial charge >= 0.3 is 6.03 Å². The summed E-state index contributed by atoms with van der Waals surface area (Å²) in [5.41, 5.74) is 19.9. The topological polar surface area (TPSA) is 422 Å². The molecule has 0 spiro atoms. The number of aliphatic hydroxyl groups is 1. The number of nitrogens with one attached hydrogen (secondary N) is 8. The highest BCUT2D eigenvalue weighted by Gasteiger charge is 2.42. The SMILES string of the molecule is CN=C(N)NCCC[C@H](CC(=O)[C@H](CC(C)C)NC(=O)NCC(=O)[C@H](Cc1ccccc1)NC(=O)[C@@H](CC(=O)[C@H](CC(N)=O)NC(=O)[C@@H]1CCN1C(=O)[C@@H](Cc1ccc(O)cc1)NC(C)=O)[C@@H](C)O)C(=O)N[C@@H](Cc1c[nH]c2ccccc12)C(N)=O. The Kier molecular flexibility index (Phi) is 25.7. The van der Waals surface area contributed by atoms with Gasteiger partial charge in [0.2, 0.25) is 41.4 Å². The van der Waals surface area contributed by atoms with Crippen molar-refractivity contribution < 1.29 is 63.0 Å². The average Bonchev–Trinajstić information content (AvgIpc) is 4.06. The van der Waals surface area contributed by atoms with Crippen LogP contribution in [0.15, 0.2) is 90.1 Å². The number of aromatic amines is 1. The highest BCUT2D eigenvalue weighted by molar-refractivity contribution is 6.00. The number of para-hydroxylation sites is 1. The van der Waals surface area contributed by atoms with Crippen molar-refractivity contribution in [1.29, 1.82) is 0 Å². The van der Waals surface area contributed by atoms with Crippen molar-refractivity contribution in [3.63, 3.8) is 0 Å². The number of nitrogens with zero attached hydrogens (tertiary/aromatic N) is 2. The number of aromatic hydroxyl groups is 1. The number of rotatable bonds is 34. The molecular formula is C60H81N13O13. The van der Waals surface area contributed by atoms with Crippen LogP contribution in [0.5, 0.6) is 5.75 Å². The number of phenolic OH excluding ortho intramolecular Hbond substituents is 1. The van der Waals surface area contributed by atoms with Gasteiger partial charge in [-0.1, -0.05) is 74.5 Å². The lowest BCUT2D eigenvalue weighted by atomic mass is 9.90. The summed E-state index contributed by atoms with van der Waals surface area (Å²) in [5, 5.41) is 39.9. The van der Waals surface area contributed by atoms with Crippen LogP contribution >= 0.6 is 0 Å². The summed E-state index contributed by atoms with van der Waals surface area (Å²) in [6, 6.07) is 13.4. The Bertz CT molecular complexity index is 3080. The molecule has 1 saturated heterocycles. The quantitative estimate of drug-likeness (QED) is 0.0166. The van der Waals surface area contributed by atoms with Crippen molar-refractivity contribution in [1.82, 2.24) is 47.1 Å². The van der Waals surface area contributed by atoms with Crippen LogP contribution < -0.4 is 54.4 Å². The predicted octanol–water partition coefficient (Wildman–Crippen LogP) is -0.0490. The Hall–Kier alpha value is -9.20. The fourth-order valence-corrected chi connectivity index (χ4v) is 10.00. The molecule has 0 unspecified atom stereocenters. The number of Topliss-reactive ketones (excluding diaryl/α,β-unsaturated/α-hetero) is 3. The first-order chi connectivity index (χ1) is 40.8.